The predicted octanol–water partition coefficient (Wildman–Crippen LogP) is 1.43. The molecular weight excluding hydrogens is 240 g/mol. The van der Waals surface area contributed by atoms with Crippen LogP contribution in [0.2, 0.25) is 0 Å². The zero-order chi connectivity index (χ0) is 13.4. The molecule has 100 valence electrons. The van der Waals surface area contributed by atoms with E-state index >= 15 is 0 Å². The van der Waals surface area contributed by atoms with Gasteiger partial charge in [-0.05, 0) is 31.9 Å². The first-order valence-electron chi connectivity index (χ1n) is 6.66. The van der Waals surface area contributed by atoms with Crippen molar-refractivity contribution >= 4 is 16.8 Å². The number of H-pyrrole nitrogens is 1. The van der Waals surface area contributed by atoms with E-state index in [0.29, 0.717) is 12.2 Å². The van der Waals surface area contributed by atoms with Crippen LogP contribution in [0.25, 0.3) is 10.9 Å². The van der Waals surface area contributed by atoms with Crippen molar-refractivity contribution in [2.45, 2.75) is 25.8 Å². The van der Waals surface area contributed by atoms with Crippen molar-refractivity contribution in [2.24, 2.45) is 5.73 Å². The second kappa shape index (κ2) is 4.66. The number of aromatic nitrogens is 2. The Labute approximate surface area is 111 Å². The summed E-state index contributed by atoms with van der Waals surface area (Å²) in [6.07, 6.45) is 2.01. The first-order valence-corrected chi connectivity index (χ1v) is 6.66. The molecule has 1 amide bonds. The van der Waals surface area contributed by atoms with Gasteiger partial charge in [-0.1, -0.05) is 11.6 Å². The molecule has 1 aromatic heterocycles. The highest BCUT2D eigenvalue weighted by Gasteiger charge is 2.30. The SMILES string of the molecule is Cc1ccc2[nH]nc(C(=O)N3CCC[C@@H]3CN)c2c1. The highest BCUT2D eigenvalue weighted by atomic mass is 16.2. The van der Waals surface area contributed by atoms with Crippen LogP contribution < -0.4 is 5.73 Å². The molecule has 0 unspecified atom stereocenters. The highest BCUT2D eigenvalue weighted by Crippen LogP contribution is 2.23. The van der Waals surface area contributed by atoms with Gasteiger partial charge in [0.25, 0.3) is 5.91 Å². The van der Waals surface area contributed by atoms with Crippen molar-refractivity contribution < 1.29 is 4.79 Å². The molecule has 1 fully saturated rings. The van der Waals surface area contributed by atoms with Crippen molar-refractivity contribution in [3.63, 3.8) is 0 Å². The normalized spacial score (nSPS) is 19.3. The average Bonchev–Trinajstić information content (AvgIpc) is 3.03. The van der Waals surface area contributed by atoms with E-state index in [-0.39, 0.29) is 11.9 Å². The number of hydrogen-bond donors (Lipinski definition) is 2. The Balaban J connectivity index is 1.99. The predicted molar refractivity (Wildman–Crippen MR) is 73.9 cm³/mol. The number of aromatic amines is 1. The van der Waals surface area contributed by atoms with Crippen LogP contribution in [-0.2, 0) is 0 Å². The van der Waals surface area contributed by atoms with Crippen molar-refractivity contribution in [3.8, 4) is 0 Å². The van der Waals surface area contributed by atoms with Crippen LogP contribution in [0, 0.1) is 6.92 Å². The summed E-state index contributed by atoms with van der Waals surface area (Å²) in [6.45, 7) is 3.31. The fourth-order valence-corrected chi connectivity index (χ4v) is 2.78. The summed E-state index contributed by atoms with van der Waals surface area (Å²) >= 11 is 0. The molecule has 0 bridgehead atoms. The fraction of sp³-hybridized carbons (Fsp3) is 0.429. The van der Waals surface area contributed by atoms with E-state index in [0.717, 1.165) is 35.9 Å². The van der Waals surface area contributed by atoms with Crippen LogP contribution in [0.3, 0.4) is 0 Å². The molecular formula is C14H18N4O. The van der Waals surface area contributed by atoms with E-state index in [1.54, 1.807) is 0 Å². The topological polar surface area (TPSA) is 75.0 Å². The van der Waals surface area contributed by atoms with E-state index in [1.807, 2.05) is 30.0 Å². The summed E-state index contributed by atoms with van der Waals surface area (Å²) < 4.78 is 0. The molecule has 1 atom stereocenters. The molecule has 1 aromatic carbocycles. The fourth-order valence-electron chi connectivity index (χ4n) is 2.78. The molecule has 2 heterocycles. The van der Waals surface area contributed by atoms with E-state index in [1.165, 1.54) is 0 Å². The molecule has 0 spiro atoms. The lowest BCUT2D eigenvalue weighted by Gasteiger charge is -2.22. The Morgan fingerprint density at radius 2 is 2.42 bits per heavy atom. The number of likely N-dealkylation sites (tertiary alicyclic amines) is 1. The maximum absolute atomic E-state index is 12.6. The standard InChI is InChI=1S/C14H18N4O/c1-9-4-5-12-11(7-9)13(17-16-12)14(19)18-6-2-3-10(18)8-15/h4-5,7,10H,2-3,6,8,15H2,1H3,(H,16,17)/t10-/m1/s1. The van der Waals surface area contributed by atoms with E-state index in [4.69, 9.17) is 5.73 Å². The quantitative estimate of drug-likeness (QED) is 0.855. The largest absolute Gasteiger partial charge is 0.333 e. The van der Waals surface area contributed by atoms with Gasteiger partial charge >= 0.3 is 0 Å². The van der Waals surface area contributed by atoms with Gasteiger partial charge in [0.05, 0.1) is 5.52 Å². The lowest BCUT2D eigenvalue weighted by molar-refractivity contribution is 0.0737. The number of nitrogens with two attached hydrogens (primary N) is 1. The number of carbonyl (C=O) groups is 1. The zero-order valence-electron chi connectivity index (χ0n) is 11.0. The maximum Gasteiger partial charge on any atom is 0.275 e. The van der Waals surface area contributed by atoms with Gasteiger partial charge in [0.15, 0.2) is 5.69 Å². The molecule has 3 N–H and O–H groups in total. The summed E-state index contributed by atoms with van der Waals surface area (Å²) in [5, 5.41) is 8.01. The minimum Gasteiger partial charge on any atom is -0.333 e. The first kappa shape index (κ1) is 12.2. The lowest BCUT2D eigenvalue weighted by Crippen LogP contribution is -2.40. The smallest absolute Gasteiger partial charge is 0.275 e. The summed E-state index contributed by atoms with van der Waals surface area (Å²) in [7, 11) is 0. The Morgan fingerprint density at radius 1 is 1.58 bits per heavy atom. The van der Waals surface area contributed by atoms with E-state index in [2.05, 4.69) is 10.2 Å². The van der Waals surface area contributed by atoms with Gasteiger partial charge < -0.3 is 10.6 Å². The number of aryl methyl sites for hydroxylation is 1. The van der Waals surface area contributed by atoms with Crippen LogP contribution in [0.5, 0.6) is 0 Å². The van der Waals surface area contributed by atoms with Gasteiger partial charge in [-0.15, -0.1) is 0 Å². The van der Waals surface area contributed by atoms with Gasteiger partial charge in [0, 0.05) is 24.5 Å². The minimum atomic E-state index is -0.00944. The Bertz CT molecular complexity index is 619. The lowest BCUT2D eigenvalue weighted by atomic mass is 10.1. The minimum absolute atomic E-state index is 0.00944. The Hall–Kier alpha value is -1.88. The number of nitrogens with one attached hydrogen (secondary N) is 1. The number of fused-ring (bicyclic) bond motifs is 1. The third kappa shape index (κ3) is 2.00. The molecule has 2 aromatic rings. The second-order valence-electron chi connectivity index (χ2n) is 5.15. The summed E-state index contributed by atoms with van der Waals surface area (Å²) in [5.41, 5.74) is 8.27. The number of hydrogen-bond acceptors (Lipinski definition) is 3. The molecule has 5 heteroatoms. The second-order valence-corrected chi connectivity index (χ2v) is 5.15. The number of nitrogens with zero attached hydrogens (tertiary/aromatic N) is 2. The highest BCUT2D eigenvalue weighted by molar-refractivity contribution is 6.05. The molecule has 19 heavy (non-hydrogen) atoms. The number of amides is 1. The van der Waals surface area contributed by atoms with Crippen LogP contribution in [0.4, 0.5) is 0 Å². The summed E-state index contributed by atoms with van der Waals surface area (Å²) in [5.74, 6) is -0.00944. The van der Waals surface area contributed by atoms with Gasteiger partial charge in [-0.2, -0.15) is 5.10 Å². The van der Waals surface area contributed by atoms with Crippen LogP contribution in [-0.4, -0.2) is 40.1 Å². The van der Waals surface area contributed by atoms with Gasteiger partial charge in [-0.25, -0.2) is 0 Å². The van der Waals surface area contributed by atoms with Gasteiger partial charge in [-0.3, -0.25) is 9.89 Å². The van der Waals surface area contributed by atoms with Crippen LogP contribution in [0.1, 0.15) is 28.9 Å². The third-order valence-corrected chi connectivity index (χ3v) is 3.83. The molecule has 1 aliphatic rings. The Morgan fingerprint density at radius 3 is 3.21 bits per heavy atom. The first-order chi connectivity index (χ1) is 9.20. The van der Waals surface area contributed by atoms with Crippen LogP contribution >= 0.6 is 0 Å². The molecule has 3 rings (SSSR count). The summed E-state index contributed by atoms with van der Waals surface area (Å²) in [4.78, 5) is 14.4. The van der Waals surface area contributed by atoms with Crippen LogP contribution in [0.15, 0.2) is 18.2 Å². The van der Waals surface area contributed by atoms with E-state index < -0.39 is 0 Å². The van der Waals surface area contributed by atoms with Gasteiger partial charge in [0.1, 0.15) is 0 Å². The molecule has 0 saturated carbocycles. The molecule has 5 nitrogen and oxygen atoms in total. The Kier molecular flexibility index (Phi) is 2.98. The molecule has 0 radical (unpaired) electrons. The maximum atomic E-state index is 12.6. The average molecular weight is 258 g/mol. The van der Waals surface area contributed by atoms with Gasteiger partial charge in [0.2, 0.25) is 0 Å². The molecule has 1 saturated heterocycles. The van der Waals surface area contributed by atoms with Crippen molar-refractivity contribution in [2.75, 3.05) is 13.1 Å². The van der Waals surface area contributed by atoms with Crippen molar-refractivity contribution in [1.82, 2.24) is 15.1 Å². The molecule has 1 aliphatic heterocycles. The molecule has 0 aliphatic carbocycles. The number of carbonyl (C=O) groups excluding carboxylic acids is 1. The number of rotatable bonds is 2. The summed E-state index contributed by atoms with van der Waals surface area (Å²) in [6, 6.07) is 6.12. The van der Waals surface area contributed by atoms with Crippen molar-refractivity contribution in [3.05, 3.63) is 29.5 Å². The monoisotopic (exact) mass is 258 g/mol. The zero-order valence-corrected chi connectivity index (χ0v) is 11.0. The van der Waals surface area contributed by atoms with E-state index in [9.17, 15) is 4.79 Å². The third-order valence-electron chi connectivity index (χ3n) is 3.83. The van der Waals surface area contributed by atoms with Crippen molar-refractivity contribution in [1.29, 1.82) is 0 Å². The number of benzene rings is 1.